The van der Waals surface area contributed by atoms with Crippen LogP contribution in [-0.2, 0) is 16.1 Å². The van der Waals surface area contributed by atoms with E-state index in [9.17, 15) is 9.59 Å². The van der Waals surface area contributed by atoms with Crippen LogP contribution in [0.25, 0.3) is 0 Å². The number of nitrogens with zero attached hydrogens (tertiary/aromatic N) is 2. The normalized spacial score (nSPS) is 19.6. The fourth-order valence-corrected chi connectivity index (χ4v) is 2.14. The summed E-state index contributed by atoms with van der Waals surface area (Å²) in [6, 6.07) is -0.294. The molecule has 2 amide bonds. The summed E-state index contributed by atoms with van der Waals surface area (Å²) in [5.74, 6) is -1.05. The Morgan fingerprint density at radius 3 is 3.17 bits per heavy atom. The van der Waals surface area contributed by atoms with Crippen molar-refractivity contribution in [3.05, 3.63) is 16.6 Å². The molecule has 1 fully saturated rings. The average molecular weight is 271 g/mol. The third-order valence-electron chi connectivity index (χ3n) is 2.53. The summed E-state index contributed by atoms with van der Waals surface area (Å²) in [5, 5.41) is 13.4. The Bertz CT molecular complexity index is 423. The minimum atomic E-state index is -1.05. The lowest BCUT2D eigenvalue weighted by Crippen LogP contribution is -2.51. The first-order chi connectivity index (χ1) is 8.66. The van der Waals surface area contributed by atoms with Crippen LogP contribution in [0.4, 0.5) is 4.79 Å². The van der Waals surface area contributed by atoms with Gasteiger partial charge in [-0.1, -0.05) is 0 Å². The number of carboxylic acid groups (broad SMARTS) is 1. The zero-order chi connectivity index (χ0) is 13.0. The molecule has 0 aromatic carbocycles. The minimum Gasteiger partial charge on any atom is -0.479 e. The van der Waals surface area contributed by atoms with Crippen LogP contribution >= 0.6 is 11.3 Å². The van der Waals surface area contributed by atoms with Gasteiger partial charge in [0.1, 0.15) is 0 Å². The van der Waals surface area contributed by atoms with E-state index in [4.69, 9.17) is 9.84 Å². The molecule has 0 spiro atoms. The van der Waals surface area contributed by atoms with E-state index in [0.29, 0.717) is 13.1 Å². The highest BCUT2D eigenvalue weighted by molar-refractivity contribution is 7.07. The number of nitrogens with one attached hydrogen (secondary N) is 1. The molecule has 8 heteroatoms. The molecule has 1 atom stereocenters. The maximum atomic E-state index is 11.8. The molecule has 0 aliphatic carbocycles. The van der Waals surface area contributed by atoms with E-state index in [1.54, 1.807) is 5.51 Å². The standard InChI is InChI=1S/C10H13N3O4S/c14-9(15)8-4-13(1-2-17-8)10(16)11-3-7-5-18-6-12-7/h5-6,8H,1-4H2,(H,11,16)(H,14,15). The predicted octanol–water partition coefficient (Wildman–Crippen LogP) is 0.138. The van der Waals surface area contributed by atoms with Gasteiger partial charge in [-0.15, -0.1) is 11.3 Å². The van der Waals surface area contributed by atoms with Gasteiger partial charge in [-0.3, -0.25) is 0 Å². The van der Waals surface area contributed by atoms with Crippen LogP contribution in [0.15, 0.2) is 10.9 Å². The average Bonchev–Trinajstić information content (AvgIpc) is 2.89. The van der Waals surface area contributed by atoms with Gasteiger partial charge in [-0.25, -0.2) is 14.6 Å². The molecule has 0 bridgehead atoms. The van der Waals surface area contributed by atoms with E-state index in [-0.39, 0.29) is 19.2 Å². The molecule has 2 heterocycles. The number of morpholine rings is 1. The molecule has 0 radical (unpaired) electrons. The van der Waals surface area contributed by atoms with Crippen molar-refractivity contribution in [2.45, 2.75) is 12.6 Å². The summed E-state index contributed by atoms with van der Waals surface area (Å²) in [6.45, 7) is 1.05. The van der Waals surface area contributed by atoms with Crippen LogP contribution in [0, 0.1) is 0 Å². The summed E-state index contributed by atoms with van der Waals surface area (Å²) in [6.07, 6.45) is -0.941. The Morgan fingerprint density at radius 2 is 2.50 bits per heavy atom. The smallest absolute Gasteiger partial charge is 0.334 e. The Kier molecular flexibility index (Phi) is 4.11. The predicted molar refractivity (Wildman–Crippen MR) is 63.3 cm³/mol. The number of carbonyl (C=O) groups excluding carboxylic acids is 1. The maximum absolute atomic E-state index is 11.8. The van der Waals surface area contributed by atoms with Crippen molar-refractivity contribution in [2.24, 2.45) is 0 Å². The number of carbonyl (C=O) groups is 2. The molecule has 1 aliphatic heterocycles. The molecule has 98 valence electrons. The summed E-state index contributed by atoms with van der Waals surface area (Å²) >= 11 is 1.46. The van der Waals surface area contributed by atoms with Crippen LogP contribution in [-0.4, -0.2) is 52.8 Å². The first-order valence-electron chi connectivity index (χ1n) is 5.41. The number of rotatable bonds is 3. The van der Waals surface area contributed by atoms with Crippen LogP contribution in [0.3, 0.4) is 0 Å². The molecule has 1 aliphatic rings. The number of amides is 2. The Morgan fingerprint density at radius 1 is 1.67 bits per heavy atom. The Hall–Kier alpha value is -1.67. The molecule has 1 aromatic heterocycles. The fraction of sp³-hybridized carbons (Fsp3) is 0.500. The third kappa shape index (κ3) is 3.17. The maximum Gasteiger partial charge on any atom is 0.334 e. The van der Waals surface area contributed by atoms with Gasteiger partial charge in [0.25, 0.3) is 0 Å². The molecule has 7 nitrogen and oxygen atoms in total. The van der Waals surface area contributed by atoms with Gasteiger partial charge in [-0.2, -0.15) is 0 Å². The van der Waals surface area contributed by atoms with Gasteiger partial charge in [-0.05, 0) is 0 Å². The van der Waals surface area contributed by atoms with Crippen molar-refractivity contribution in [3.8, 4) is 0 Å². The van der Waals surface area contributed by atoms with E-state index in [1.165, 1.54) is 16.2 Å². The summed E-state index contributed by atoms with van der Waals surface area (Å²) in [4.78, 5) is 28.1. The number of aromatic nitrogens is 1. The highest BCUT2D eigenvalue weighted by Crippen LogP contribution is 2.06. The highest BCUT2D eigenvalue weighted by atomic mass is 32.1. The number of thiazole rings is 1. The second-order valence-corrected chi connectivity index (χ2v) is 4.50. The highest BCUT2D eigenvalue weighted by Gasteiger charge is 2.28. The van der Waals surface area contributed by atoms with Crippen molar-refractivity contribution >= 4 is 23.3 Å². The minimum absolute atomic E-state index is 0.0677. The van der Waals surface area contributed by atoms with Crippen molar-refractivity contribution in [1.82, 2.24) is 15.2 Å². The first kappa shape index (κ1) is 12.8. The molecule has 0 saturated carbocycles. The van der Waals surface area contributed by atoms with E-state index in [1.807, 2.05) is 5.38 Å². The second kappa shape index (κ2) is 5.78. The third-order valence-corrected chi connectivity index (χ3v) is 3.17. The molecular weight excluding hydrogens is 258 g/mol. The number of urea groups is 1. The zero-order valence-electron chi connectivity index (χ0n) is 9.54. The van der Waals surface area contributed by atoms with Crippen molar-refractivity contribution in [3.63, 3.8) is 0 Å². The van der Waals surface area contributed by atoms with Crippen molar-refractivity contribution in [2.75, 3.05) is 19.7 Å². The largest absolute Gasteiger partial charge is 0.479 e. The molecule has 1 aromatic rings. The fourth-order valence-electron chi connectivity index (χ4n) is 1.59. The molecule has 2 rings (SSSR count). The van der Waals surface area contributed by atoms with Gasteiger partial charge in [0.2, 0.25) is 0 Å². The number of aliphatic carboxylic acids is 1. The Balaban J connectivity index is 1.83. The molecular formula is C10H13N3O4S. The van der Waals surface area contributed by atoms with Crippen LogP contribution < -0.4 is 5.32 Å². The van der Waals surface area contributed by atoms with Crippen LogP contribution in [0.2, 0.25) is 0 Å². The summed E-state index contributed by atoms with van der Waals surface area (Å²) in [5.41, 5.74) is 2.48. The lowest BCUT2D eigenvalue weighted by atomic mass is 10.3. The SMILES string of the molecule is O=C(O)C1CN(C(=O)NCc2cscn2)CCO1. The number of carboxylic acids is 1. The second-order valence-electron chi connectivity index (χ2n) is 3.78. The van der Waals surface area contributed by atoms with Gasteiger partial charge >= 0.3 is 12.0 Å². The summed E-state index contributed by atoms with van der Waals surface area (Å²) < 4.78 is 5.04. The van der Waals surface area contributed by atoms with Crippen molar-refractivity contribution in [1.29, 1.82) is 0 Å². The topological polar surface area (TPSA) is 91.8 Å². The number of hydrogen-bond donors (Lipinski definition) is 2. The van der Waals surface area contributed by atoms with Crippen molar-refractivity contribution < 1.29 is 19.4 Å². The zero-order valence-corrected chi connectivity index (χ0v) is 10.4. The monoisotopic (exact) mass is 271 g/mol. The van der Waals surface area contributed by atoms with Gasteiger partial charge in [0.15, 0.2) is 6.10 Å². The van der Waals surface area contributed by atoms with E-state index >= 15 is 0 Å². The van der Waals surface area contributed by atoms with E-state index in [0.717, 1.165) is 5.69 Å². The number of ether oxygens (including phenoxy) is 1. The number of hydrogen-bond acceptors (Lipinski definition) is 5. The quantitative estimate of drug-likeness (QED) is 0.815. The molecule has 2 N–H and O–H groups in total. The first-order valence-corrected chi connectivity index (χ1v) is 6.35. The van der Waals surface area contributed by atoms with Gasteiger partial charge < -0.3 is 20.1 Å². The van der Waals surface area contributed by atoms with E-state index in [2.05, 4.69) is 10.3 Å². The Labute approximate surface area is 107 Å². The molecule has 18 heavy (non-hydrogen) atoms. The molecule has 1 saturated heterocycles. The van der Waals surface area contributed by atoms with E-state index < -0.39 is 12.1 Å². The van der Waals surface area contributed by atoms with Gasteiger partial charge in [0.05, 0.1) is 30.9 Å². The lowest BCUT2D eigenvalue weighted by Gasteiger charge is -2.30. The van der Waals surface area contributed by atoms with Crippen LogP contribution in [0.1, 0.15) is 5.69 Å². The molecule has 1 unspecified atom stereocenters. The summed E-state index contributed by atoms with van der Waals surface area (Å²) in [7, 11) is 0. The lowest BCUT2D eigenvalue weighted by molar-refractivity contribution is -0.154. The van der Waals surface area contributed by atoms with Gasteiger partial charge in [0, 0.05) is 11.9 Å². The van der Waals surface area contributed by atoms with Crippen LogP contribution in [0.5, 0.6) is 0 Å².